The van der Waals surface area contributed by atoms with E-state index in [0.29, 0.717) is 44.0 Å². The summed E-state index contributed by atoms with van der Waals surface area (Å²) in [6.07, 6.45) is 2.49. The Kier molecular flexibility index (Phi) is 6.98. The van der Waals surface area contributed by atoms with E-state index in [9.17, 15) is 19.1 Å². The van der Waals surface area contributed by atoms with E-state index in [2.05, 4.69) is 35.3 Å². The van der Waals surface area contributed by atoms with Crippen LogP contribution in [0.15, 0.2) is 42.0 Å². The van der Waals surface area contributed by atoms with Crippen molar-refractivity contribution in [2.24, 2.45) is 0 Å². The van der Waals surface area contributed by atoms with Gasteiger partial charge in [0.1, 0.15) is 23.3 Å². The van der Waals surface area contributed by atoms with Crippen molar-refractivity contribution in [3.8, 4) is 11.4 Å². The minimum absolute atomic E-state index is 0.0334. The third-order valence-corrected chi connectivity index (χ3v) is 7.32. The molecule has 0 spiro atoms. The zero-order valence-electron chi connectivity index (χ0n) is 21.5. The Bertz CT molecular complexity index is 1410. The molecule has 0 saturated carbocycles. The maximum atomic E-state index is 14.6. The number of amides is 1. The summed E-state index contributed by atoms with van der Waals surface area (Å²) < 4.78 is 15.6. The summed E-state index contributed by atoms with van der Waals surface area (Å²) in [4.78, 5) is 47.7. The topological polar surface area (TPSA) is 111 Å². The fraction of sp³-hybridized carbons (Fsp3) is 0.423. The maximum Gasteiger partial charge on any atom is 0.284 e. The second-order valence-corrected chi connectivity index (χ2v) is 9.37. The van der Waals surface area contributed by atoms with Crippen LogP contribution in [0.2, 0.25) is 0 Å². The molecule has 1 aromatic carbocycles. The van der Waals surface area contributed by atoms with E-state index >= 15 is 0 Å². The van der Waals surface area contributed by atoms with E-state index in [-0.39, 0.29) is 28.4 Å². The van der Waals surface area contributed by atoms with Crippen LogP contribution in [-0.2, 0) is 4.79 Å². The van der Waals surface area contributed by atoms with Crippen molar-refractivity contribution in [2.45, 2.75) is 19.9 Å². The van der Waals surface area contributed by atoms with Crippen molar-refractivity contribution in [1.82, 2.24) is 29.3 Å². The van der Waals surface area contributed by atoms with Gasteiger partial charge in [0.2, 0.25) is 11.9 Å². The third-order valence-electron chi connectivity index (χ3n) is 7.32. The van der Waals surface area contributed by atoms with Crippen molar-refractivity contribution >= 4 is 28.7 Å². The van der Waals surface area contributed by atoms with E-state index in [1.807, 2.05) is 9.80 Å². The molecule has 12 heteroatoms. The van der Waals surface area contributed by atoms with Crippen LogP contribution >= 0.6 is 0 Å². The number of anilines is 2. The number of rotatable bonds is 7. The molecule has 200 valence electrons. The summed E-state index contributed by atoms with van der Waals surface area (Å²) >= 11 is 0. The number of likely N-dealkylation sites (N-methyl/N-ethyl adjacent to an activating group) is 1. The predicted octanol–water partition coefficient (Wildman–Crippen LogP) is 1.39. The molecule has 2 aliphatic rings. The van der Waals surface area contributed by atoms with Crippen LogP contribution in [-0.4, -0.2) is 98.7 Å². The molecule has 1 amide bonds. The molecule has 0 atom stereocenters. The lowest BCUT2D eigenvalue weighted by molar-refractivity contribution is -0.126. The van der Waals surface area contributed by atoms with E-state index in [4.69, 9.17) is 4.98 Å². The minimum Gasteiger partial charge on any atom is -0.506 e. The van der Waals surface area contributed by atoms with Crippen molar-refractivity contribution in [2.75, 3.05) is 62.2 Å². The molecule has 1 N–H and O–H groups in total. The van der Waals surface area contributed by atoms with Crippen molar-refractivity contribution in [3.63, 3.8) is 0 Å². The van der Waals surface area contributed by atoms with Crippen molar-refractivity contribution in [3.05, 3.63) is 53.4 Å². The number of phenolic OH excluding ortho intramolecular Hbond substituents is 1. The number of hydrogen-bond acceptors (Lipinski definition) is 9. The van der Waals surface area contributed by atoms with Gasteiger partial charge in [-0.3, -0.25) is 19.1 Å². The first kappa shape index (κ1) is 25.6. The molecule has 5 rings (SSSR count). The number of benzene rings is 1. The zero-order valence-corrected chi connectivity index (χ0v) is 21.5. The normalized spacial score (nSPS) is 16.3. The Balaban J connectivity index is 1.58. The molecule has 2 saturated heterocycles. The molecule has 0 radical (unpaired) electrons. The Hall–Kier alpha value is -4.06. The summed E-state index contributed by atoms with van der Waals surface area (Å²) in [5, 5.41) is 10.3. The molecule has 4 heterocycles. The Labute approximate surface area is 219 Å². The SMILES string of the molecule is C=CC(=O)N1CCN(c2nc(N3CC(N(CC)CC)C3)nc3c(=O)n(-c4c(O)cccc4F)cnc23)CC1. The van der Waals surface area contributed by atoms with Crippen LogP contribution < -0.4 is 15.4 Å². The lowest BCUT2D eigenvalue weighted by Gasteiger charge is -2.45. The van der Waals surface area contributed by atoms with Gasteiger partial charge in [0.05, 0.1) is 0 Å². The number of nitrogens with zero attached hydrogens (tertiary/aromatic N) is 8. The van der Waals surface area contributed by atoms with Crippen LogP contribution in [0.5, 0.6) is 5.75 Å². The number of halogens is 1. The number of aromatic hydroxyl groups is 1. The van der Waals surface area contributed by atoms with Gasteiger partial charge in [-0.15, -0.1) is 0 Å². The van der Waals surface area contributed by atoms with Gasteiger partial charge >= 0.3 is 0 Å². The first-order valence-electron chi connectivity index (χ1n) is 12.8. The standard InChI is InChI=1S/C26H31FN8O3/c1-4-20(37)32-10-12-33(13-11-32)24-21-22(29-26(30-24)34-14-17(15-34)31(5-2)6-3)25(38)35(16-28-21)23-18(27)8-7-9-19(23)36/h4,7-9,16-17,36H,1,5-6,10-15H2,2-3H3. The average molecular weight is 523 g/mol. The number of aromatic nitrogens is 4. The van der Waals surface area contributed by atoms with Gasteiger partial charge in [0.25, 0.3) is 5.56 Å². The van der Waals surface area contributed by atoms with Gasteiger partial charge in [-0.25, -0.2) is 14.4 Å². The minimum atomic E-state index is -0.754. The van der Waals surface area contributed by atoms with E-state index < -0.39 is 11.4 Å². The van der Waals surface area contributed by atoms with E-state index in [1.165, 1.54) is 30.6 Å². The van der Waals surface area contributed by atoms with Crippen LogP contribution in [0.3, 0.4) is 0 Å². The van der Waals surface area contributed by atoms with Gasteiger partial charge in [-0.2, -0.15) is 4.98 Å². The molecule has 0 unspecified atom stereocenters. The lowest BCUT2D eigenvalue weighted by atomic mass is 10.1. The monoisotopic (exact) mass is 522 g/mol. The van der Waals surface area contributed by atoms with Crippen molar-refractivity contribution < 1.29 is 14.3 Å². The molecular formula is C26H31FN8O3. The quantitative estimate of drug-likeness (QED) is 0.460. The molecule has 2 fully saturated rings. The second-order valence-electron chi connectivity index (χ2n) is 9.37. The summed E-state index contributed by atoms with van der Waals surface area (Å²) in [5.74, 6) is -0.378. The number of carbonyl (C=O) groups excluding carboxylic acids is 1. The summed E-state index contributed by atoms with van der Waals surface area (Å²) in [6.45, 7) is 13.1. The largest absolute Gasteiger partial charge is 0.506 e. The van der Waals surface area contributed by atoms with Crippen molar-refractivity contribution in [1.29, 1.82) is 0 Å². The number of hydrogen-bond donors (Lipinski definition) is 1. The fourth-order valence-electron chi connectivity index (χ4n) is 5.10. The number of fused-ring (bicyclic) bond motifs is 1. The third kappa shape index (κ3) is 4.44. The number of carbonyl (C=O) groups is 1. The predicted molar refractivity (Wildman–Crippen MR) is 142 cm³/mol. The fourth-order valence-corrected chi connectivity index (χ4v) is 5.10. The second kappa shape index (κ2) is 10.4. The first-order chi connectivity index (χ1) is 18.4. The van der Waals surface area contributed by atoms with Gasteiger partial charge < -0.3 is 19.8 Å². The van der Waals surface area contributed by atoms with Crippen LogP contribution in [0.25, 0.3) is 16.7 Å². The van der Waals surface area contributed by atoms with Gasteiger partial charge in [-0.05, 0) is 31.3 Å². The number of phenols is 1. The molecule has 2 aliphatic heterocycles. The highest BCUT2D eigenvalue weighted by Crippen LogP contribution is 2.29. The molecule has 3 aromatic rings. The molecule has 0 bridgehead atoms. The number of piperazine rings is 1. The Morgan fingerprint density at radius 2 is 1.84 bits per heavy atom. The van der Waals surface area contributed by atoms with Crippen LogP contribution in [0.4, 0.5) is 16.2 Å². The summed E-state index contributed by atoms with van der Waals surface area (Å²) in [5.41, 5.74) is -0.571. The molecule has 2 aromatic heterocycles. The van der Waals surface area contributed by atoms with E-state index in [0.717, 1.165) is 30.7 Å². The lowest BCUT2D eigenvalue weighted by Crippen LogP contribution is -2.60. The van der Waals surface area contributed by atoms with Crippen LogP contribution in [0.1, 0.15) is 13.8 Å². The smallest absolute Gasteiger partial charge is 0.284 e. The molecular weight excluding hydrogens is 491 g/mol. The highest BCUT2D eigenvalue weighted by atomic mass is 19.1. The summed E-state index contributed by atoms with van der Waals surface area (Å²) in [6, 6.07) is 4.20. The van der Waals surface area contributed by atoms with Crippen LogP contribution in [0, 0.1) is 5.82 Å². The zero-order chi connectivity index (χ0) is 27.0. The molecule has 11 nitrogen and oxygen atoms in total. The average Bonchev–Trinajstić information content (AvgIpc) is 2.90. The van der Waals surface area contributed by atoms with Gasteiger partial charge in [-0.1, -0.05) is 26.5 Å². The van der Waals surface area contributed by atoms with Gasteiger partial charge in [0.15, 0.2) is 17.2 Å². The maximum absolute atomic E-state index is 14.6. The Morgan fingerprint density at radius 3 is 2.47 bits per heavy atom. The number of para-hydroxylation sites is 1. The molecule has 38 heavy (non-hydrogen) atoms. The first-order valence-corrected chi connectivity index (χ1v) is 12.8. The Morgan fingerprint density at radius 1 is 1.13 bits per heavy atom. The van der Waals surface area contributed by atoms with Gasteiger partial charge in [0, 0.05) is 45.3 Å². The highest BCUT2D eigenvalue weighted by Gasteiger charge is 2.34. The molecule has 0 aliphatic carbocycles. The van der Waals surface area contributed by atoms with E-state index in [1.54, 1.807) is 4.90 Å². The highest BCUT2D eigenvalue weighted by molar-refractivity contribution is 5.88. The summed E-state index contributed by atoms with van der Waals surface area (Å²) in [7, 11) is 0.